The number of carbonyl (C=O) groups excluding carboxylic acids is 2. The molecule has 0 aliphatic carbocycles. The summed E-state index contributed by atoms with van der Waals surface area (Å²) < 4.78 is 15.7. The molecule has 0 spiro atoms. The molecule has 2 N–H and O–H groups in total. The predicted octanol–water partition coefficient (Wildman–Crippen LogP) is 2.89. The third kappa shape index (κ3) is 4.52. The highest BCUT2D eigenvalue weighted by Crippen LogP contribution is 2.32. The number of nitrogens with zero attached hydrogens (tertiary/aromatic N) is 1. The highest BCUT2D eigenvalue weighted by Gasteiger charge is 2.25. The van der Waals surface area contributed by atoms with Gasteiger partial charge in [-0.05, 0) is 26.0 Å². The second kappa shape index (κ2) is 8.87. The molecule has 0 bridgehead atoms. The van der Waals surface area contributed by atoms with Crippen LogP contribution in [-0.4, -0.2) is 24.6 Å². The van der Waals surface area contributed by atoms with Gasteiger partial charge in [-0.25, -0.2) is 9.59 Å². The molecule has 136 valence electrons. The standard InChI is InChI=1S/C18H18N2O5S/c1-3-23-18(22)15-14(13(9-19)16(20)26-15)10-24-17(21)11(2)25-12-7-5-4-6-8-12/h4-8,11H,3,10,20H2,1-2H3/t11-/m1/s1. The van der Waals surface area contributed by atoms with E-state index < -0.39 is 18.0 Å². The summed E-state index contributed by atoms with van der Waals surface area (Å²) in [7, 11) is 0. The first kappa shape index (κ1) is 19.3. The zero-order valence-electron chi connectivity index (χ0n) is 14.4. The molecule has 1 aromatic heterocycles. The van der Waals surface area contributed by atoms with Crippen LogP contribution >= 0.6 is 11.3 Å². The first-order chi connectivity index (χ1) is 12.5. The minimum atomic E-state index is -0.857. The van der Waals surface area contributed by atoms with E-state index in [0.717, 1.165) is 11.3 Å². The number of nitrogen functional groups attached to an aromatic ring is 1. The van der Waals surface area contributed by atoms with Gasteiger partial charge in [0.15, 0.2) is 6.10 Å². The van der Waals surface area contributed by atoms with Gasteiger partial charge in [-0.2, -0.15) is 5.26 Å². The summed E-state index contributed by atoms with van der Waals surface area (Å²) in [4.78, 5) is 24.3. The van der Waals surface area contributed by atoms with E-state index in [2.05, 4.69) is 0 Å². The van der Waals surface area contributed by atoms with Crippen LogP contribution in [0.4, 0.5) is 5.00 Å². The van der Waals surface area contributed by atoms with Crippen LogP contribution in [0.15, 0.2) is 30.3 Å². The molecule has 0 aliphatic rings. The lowest BCUT2D eigenvalue weighted by atomic mass is 10.1. The zero-order chi connectivity index (χ0) is 19.1. The monoisotopic (exact) mass is 374 g/mol. The molecule has 0 radical (unpaired) electrons. The molecule has 26 heavy (non-hydrogen) atoms. The topological polar surface area (TPSA) is 112 Å². The van der Waals surface area contributed by atoms with E-state index in [0.29, 0.717) is 5.75 Å². The van der Waals surface area contributed by atoms with Crippen LogP contribution in [0.1, 0.15) is 34.6 Å². The van der Waals surface area contributed by atoms with Gasteiger partial charge < -0.3 is 19.9 Å². The number of ether oxygens (including phenoxy) is 3. The number of nitriles is 1. The maximum absolute atomic E-state index is 12.2. The number of rotatable bonds is 7. The summed E-state index contributed by atoms with van der Waals surface area (Å²) in [5.41, 5.74) is 6.14. The third-order valence-electron chi connectivity index (χ3n) is 3.35. The van der Waals surface area contributed by atoms with E-state index in [1.807, 2.05) is 12.1 Å². The fourth-order valence-corrected chi connectivity index (χ4v) is 3.04. The van der Waals surface area contributed by atoms with Gasteiger partial charge in [-0.15, -0.1) is 11.3 Å². The summed E-state index contributed by atoms with van der Waals surface area (Å²) in [5.74, 6) is -0.704. The van der Waals surface area contributed by atoms with Crippen LogP contribution in [-0.2, 0) is 20.9 Å². The minimum Gasteiger partial charge on any atom is -0.479 e. The van der Waals surface area contributed by atoms with Gasteiger partial charge in [0.25, 0.3) is 0 Å². The normalized spacial score (nSPS) is 11.3. The number of thiophene rings is 1. The summed E-state index contributed by atoms with van der Waals surface area (Å²) in [6.45, 7) is 3.13. The second-order valence-corrected chi connectivity index (χ2v) is 6.21. The number of anilines is 1. The maximum Gasteiger partial charge on any atom is 0.348 e. The average Bonchev–Trinajstić information content (AvgIpc) is 2.96. The quantitative estimate of drug-likeness (QED) is 0.742. The zero-order valence-corrected chi connectivity index (χ0v) is 15.2. The Balaban J connectivity index is 2.09. The number of hydrogen-bond acceptors (Lipinski definition) is 8. The van der Waals surface area contributed by atoms with Gasteiger partial charge in [0.1, 0.15) is 28.3 Å². The minimum absolute atomic E-state index is 0.113. The third-order valence-corrected chi connectivity index (χ3v) is 4.39. The Morgan fingerprint density at radius 2 is 1.96 bits per heavy atom. The van der Waals surface area contributed by atoms with E-state index in [4.69, 9.17) is 19.9 Å². The van der Waals surface area contributed by atoms with Crippen molar-refractivity contribution < 1.29 is 23.8 Å². The van der Waals surface area contributed by atoms with Gasteiger partial charge in [0, 0.05) is 5.56 Å². The van der Waals surface area contributed by atoms with Gasteiger partial charge in [-0.1, -0.05) is 18.2 Å². The van der Waals surface area contributed by atoms with E-state index >= 15 is 0 Å². The van der Waals surface area contributed by atoms with Crippen LogP contribution in [0.2, 0.25) is 0 Å². The van der Waals surface area contributed by atoms with Crippen molar-refractivity contribution in [1.82, 2.24) is 0 Å². The summed E-state index contributed by atoms with van der Waals surface area (Å²) in [6, 6.07) is 10.8. The van der Waals surface area contributed by atoms with Crippen LogP contribution in [0.3, 0.4) is 0 Å². The molecule has 2 rings (SSSR count). The summed E-state index contributed by atoms with van der Waals surface area (Å²) in [6.07, 6.45) is -0.857. The Morgan fingerprint density at radius 1 is 1.27 bits per heavy atom. The van der Waals surface area contributed by atoms with Crippen molar-refractivity contribution in [3.63, 3.8) is 0 Å². The van der Waals surface area contributed by atoms with Gasteiger partial charge in [0.05, 0.1) is 12.2 Å². The van der Waals surface area contributed by atoms with Gasteiger partial charge in [0.2, 0.25) is 0 Å². The number of carbonyl (C=O) groups is 2. The van der Waals surface area contributed by atoms with E-state index in [1.165, 1.54) is 0 Å². The Kier molecular flexibility index (Phi) is 6.58. The second-order valence-electron chi connectivity index (χ2n) is 5.16. The van der Waals surface area contributed by atoms with Crippen molar-refractivity contribution in [2.75, 3.05) is 12.3 Å². The molecule has 0 saturated carbocycles. The molecule has 0 unspecified atom stereocenters. The lowest BCUT2D eigenvalue weighted by Crippen LogP contribution is -2.26. The smallest absolute Gasteiger partial charge is 0.348 e. The van der Waals surface area contributed by atoms with Gasteiger partial charge >= 0.3 is 11.9 Å². The largest absolute Gasteiger partial charge is 0.479 e. The van der Waals surface area contributed by atoms with E-state index in [-0.39, 0.29) is 34.2 Å². The summed E-state index contributed by atoms with van der Waals surface area (Å²) >= 11 is 0.934. The molecule has 0 amide bonds. The predicted molar refractivity (Wildman–Crippen MR) is 95.7 cm³/mol. The molecule has 7 nitrogen and oxygen atoms in total. The summed E-state index contributed by atoms with van der Waals surface area (Å²) in [5, 5.41) is 9.43. The molecule has 8 heteroatoms. The molecular weight excluding hydrogens is 356 g/mol. The van der Waals surface area contributed by atoms with Crippen LogP contribution in [0.25, 0.3) is 0 Å². The Bertz CT molecular complexity index is 826. The Hall–Kier alpha value is -3.05. The fraction of sp³-hybridized carbons (Fsp3) is 0.278. The van der Waals surface area contributed by atoms with Crippen LogP contribution in [0.5, 0.6) is 5.75 Å². The number of para-hydroxylation sites is 1. The lowest BCUT2D eigenvalue weighted by Gasteiger charge is -2.14. The van der Waals surface area contributed by atoms with Gasteiger partial charge in [-0.3, -0.25) is 0 Å². The van der Waals surface area contributed by atoms with Crippen LogP contribution in [0, 0.1) is 11.3 Å². The highest BCUT2D eigenvalue weighted by molar-refractivity contribution is 7.18. The molecule has 1 atom stereocenters. The van der Waals surface area contributed by atoms with Crippen molar-refractivity contribution in [2.24, 2.45) is 0 Å². The maximum atomic E-state index is 12.2. The van der Waals surface area contributed by atoms with Crippen molar-refractivity contribution in [1.29, 1.82) is 5.26 Å². The first-order valence-electron chi connectivity index (χ1n) is 7.84. The molecule has 0 saturated heterocycles. The van der Waals surface area contributed by atoms with Crippen LogP contribution < -0.4 is 10.5 Å². The first-order valence-corrected chi connectivity index (χ1v) is 8.66. The van der Waals surface area contributed by atoms with E-state index in [1.54, 1.807) is 38.1 Å². The van der Waals surface area contributed by atoms with Crippen molar-refractivity contribution >= 4 is 28.3 Å². The number of esters is 2. The van der Waals surface area contributed by atoms with Crippen molar-refractivity contribution in [3.8, 4) is 11.8 Å². The Morgan fingerprint density at radius 3 is 2.58 bits per heavy atom. The SMILES string of the molecule is CCOC(=O)c1sc(N)c(C#N)c1COC(=O)[C@@H](C)Oc1ccccc1. The average molecular weight is 374 g/mol. The highest BCUT2D eigenvalue weighted by atomic mass is 32.1. The molecular formula is C18H18N2O5S. The molecule has 1 aromatic carbocycles. The van der Waals surface area contributed by atoms with Crippen molar-refractivity contribution in [2.45, 2.75) is 26.6 Å². The number of benzene rings is 1. The van der Waals surface area contributed by atoms with Crippen molar-refractivity contribution in [3.05, 3.63) is 46.3 Å². The fourth-order valence-electron chi connectivity index (χ4n) is 2.12. The molecule has 0 fully saturated rings. The number of nitrogens with two attached hydrogens (primary N) is 1. The number of hydrogen-bond donors (Lipinski definition) is 1. The Labute approximate surface area is 154 Å². The molecule has 1 heterocycles. The molecule has 2 aromatic rings. The van der Waals surface area contributed by atoms with E-state index in [9.17, 15) is 14.9 Å². The lowest BCUT2D eigenvalue weighted by molar-refractivity contribution is -0.152. The molecule has 0 aliphatic heterocycles.